The highest BCUT2D eigenvalue weighted by Gasteiger charge is 2.26. The summed E-state index contributed by atoms with van der Waals surface area (Å²) >= 11 is 1.84. The Kier molecular flexibility index (Phi) is 4.72. The molecule has 0 aliphatic heterocycles. The van der Waals surface area contributed by atoms with Crippen LogP contribution in [0.2, 0.25) is 0 Å². The number of para-hydroxylation sites is 2. The highest BCUT2D eigenvalue weighted by molar-refractivity contribution is 7.26. The van der Waals surface area contributed by atoms with Crippen LogP contribution in [0.5, 0.6) is 0 Å². The molecule has 7 aromatic carbocycles. The van der Waals surface area contributed by atoms with Crippen LogP contribution in [0.4, 0.5) is 0 Å². The van der Waals surface area contributed by atoms with Gasteiger partial charge in [-0.2, -0.15) is 0 Å². The third-order valence-electron chi connectivity index (χ3n) is 9.75. The predicted octanol–water partition coefficient (Wildman–Crippen LogP) is 11.6. The number of hydrogen-bond acceptors (Lipinski definition) is 3. The molecule has 3 heterocycles. The fourth-order valence-corrected chi connectivity index (χ4v) is 9.05. The van der Waals surface area contributed by atoms with Gasteiger partial charge in [0.15, 0.2) is 0 Å². The van der Waals surface area contributed by atoms with Crippen molar-refractivity contribution in [2.24, 2.45) is 0 Å². The summed E-state index contributed by atoms with van der Waals surface area (Å²) in [5.41, 5.74) is 10.5. The van der Waals surface area contributed by atoms with Crippen LogP contribution >= 0.6 is 11.3 Å². The topological polar surface area (TPSA) is 30.7 Å². The van der Waals surface area contributed by atoms with Gasteiger partial charge in [-0.1, -0.05) is 115 Å². The predicted molar refractivity (Wildman–Crippen MR) is 194 cm³/mol. The molecule has 4 heteroatoms. The van der Waals surface area contributed by atoms with Crippen LogP contribution in [0.3, 0.4) is 0 Å². The van der Waals surface area contributed by atoms with Gasteiger partial charge in [0.05, 0.1) is 22.2 Å². The Hall–Kier alpha value is -5.84. The molecule has 0 fully saturated rings. The van der Waals surface area contributed by atoms with Crippen LogP contribution in [0.15, 0.2) is 140 Å². The molecule has 0 unspecified atom stereocenters. The number of fused-ring (bicyclic) bond motifs is 11. The molecular formula is C42H23N3S. The number of nitrogens with zero attached hydrogens (tertiary/aromatic N) is 3. The van der Waals surface area contributed by atoms with Crippen LogP contribution in [-0.4, -0.2) is 14.5 Å². The SMILES string of the molecule is c1ccc2c(c1)-c1cccc3c1c-2cc1c2ccccc2n(-c2nc(-c4cccc5c4sc4ccccc45)c4ccccc4n2)c31. The lowest BCUT2D eigenvalue weighted by Crippen LogP contribution is -2.03. The lowest BCUT2D eigenvalue weighted by atomic mass is 9.99. The first-order valence-corrected chi connectivity index (χ1v) is 16.4. The third kappa shape index (κ3) is 3.11. The van der Waals surface area contributed by atoms with Gasteiger partial charge in [0.1, 0.15) is 0 Å². The van der Waals surface area contributed by atoms with E-state index in [2.05, 4.69) is 144 Å². The molecule has 0 atom stereocenters. The fourth-order valence-electron chi connectivity index (χ4n) is 7.83. The molecule has 0 spiro atoms. The highest BCUT2D eigenvalue weighted by Crippen LogP contribution is 2.51. The molecule has 0 radical (unpaired) electrons. The van der Waals surface area contributed by atoms with E-state index in [0.717, 1.165) is 33.2 Å². The summed E-state index contributed by atoms with van der Waals surface area (Å²) in [6, 6.07) is 50.3. The molecule has 1 aliphatic carbocycles. The van der Waals surface area contributed by atoms with Crippen molar-refractivity contribution in [3.63, 3.8) is 0 Å². The summed E-state index contributed by atoms with van der Waals surface area (Å²) < 4.78 is 4.84. The average Bonchev–Trinajstić information content (AvgIpc) is 3.77. The van der Waals surface area contributed by atoms with Crippen LogP contribution in [0.25, 0.3) is 103 Å². The van der Waals surface area contributed by atoms with Crippen molar-refractivity contribution in [2.75, 3.05) is 0 Å². The maximum Gasteiger partial charge on any atom is 0.235 e. The normalized spacial score (nSPS) is 12.3. The van der Waals surface area contributed by atoms with Crippen LogP contribution in [0.1, 0.15) is 0 Å². The maximum atomic E-state index is 5.50. The van der Waals surface area contributed by atoms with Crippen LogP contribution in [-0.2, 0) is 0 Å². The van der Waals surface area contributed by atoms with Crippen molar-refractivity contribution in [2.45, 2.75) is 0 Å². The molecule has 212 valence electrons. The molecule has 3 nitrogen and oxygen atoms in total. The van der Waals surface area contributed by atoms with Crippen LogP contribution in [0, 0.1) is 0 Å². The molecule has 0 N–H and O–H groups in total. The summed E-state index contributed by atoms with van der Waals surface area (Å²) in [4.78, 5) is 10.8. The Morgan fingerprint density at radius 1 is 0.457 bits per heavy atom. The molecule has 10 aromatic rings. The molecular weight excluding hydrogens is 579 g/mol. The van der Waals surface area contributed by atoms with Gasteiger partial charge < -0.3 is 0 Å². The summed E-state index contributed by atoms with van der Waals surface area (Å²) in [7, 11) is 0. The second kappa shape index (κ2) is 8.87. The summed E-state index contributed by atoms with van der Waals surface area (Å²) in [5.74, 6) is 0.689. The molecule has 0 saturated heterocycles. The molecule has 11 rings (SSSR count). The van der Waals surface area contributed by atoms with Crippen LogP contribution < -0.4 is 0 Å². The quantitative estimate of drug-likeness (QED) is 0.197. The molecule has 1 aliphatic rings. The minimum absolute atomic E-state index is 0.689. The van der Waals surface area contributed by atoms with Crippen molar-refractivity contribution in [3.8, 4) is 39.5 Å². The zero-order valence-electron chi connectivity index (χ0n) is 24.5. The second-order valence-corrected chi connectivity index (χ2v) is 13.2. The Balaban J connectivity index is 1.29. The van der Waals surface area contributed by atoms with E-state index in [-0.39, 0.29) is 0 Å². The molecule has 46 heavy (non-hydrogen) atoms. The van der Waals surface area contributed by atoms with Gasteiger partial charge in [-0.3, -0.25) is 4.57 Å². The van der Waals surface area contributed by atoms with E-state index in [9.17, 15) is 0 Å². The molecule has 0 amide bonds. The van der Waals surface area contributed by atoms with E-state index >= 15 is 0 Å². The Labute approximate surface area is 267 Å². The first kappa shape index (κ1) is 24.5. The fraction of sp³-hybridized carbons (Fsp3) is 0. The van der Waals surface area contributed by atoms with Gasteiger partial charge in [-0.05, 0) is 51.9 Å². The van der Waals surface area contributed by atoms with Crippen molar-refractivity contribution < 1.29 is 0 Å². The monoisotopic (exact) mass is 601 g/mol. The van der Waals surface area contributed by atoms with Gasteiger partial charge in [0.25, 0.3) is 0 Å². The van der Waals surface area contributed by atoms with Gasteiger partial charge in [-0.15, -0.1) is 11.3 Å². The van der Waals surface area contributed by atoms with Crippen molar-refractivity contribution in [1.29, 1.82) is 0 Å². The number of hydrogen-bond donors (Lipinski definition) is 0. The molecule has 0 saturated carbocycles. The van der Waals surface area contributed by atoms with Crippen molar-refractivity contribution in [1.82, 2.24) is 14.5 Å². The van der Waals surface area contributed by atoms with E-state index in [4.69, 9.17) is 9.97 Å². The molecule has 0 bridgehead atoms. The lowest BCUT2D eigenvalue weighted by Gasteiger charge is -2.13. The Morgan fingerprint density at radius 2 is 1.11 bits per heavy atom. The van der Waals surface area contributed by atoms with Gasteiger partial charge >= 0.3 is 0 Å². The first-order chi connectivity index (χ1) is 22.8. The van der Waals surface area contributed by atoms with E-state index in [0.29, 0.717) is 5.95 Å². The average molecular weight is 602 g/mol. The minimum atomic E-state index is 0.689. The highest BCUT2D eigenvalue weighted by atomic mass is 32.1. The standard InChI is InChI=1S/C42H23N3S/c1-2-12-25-24(11-1)28-16-9-18-31-38(28)33(25)23-34-26-13-4-7-21-36(26)45(40(31)34)42-43-35-20-6-3-15-30(35)39(44-42)32-19-10-17-29-27-14-5-8-22-37(27)46-41(29)32/h1-23H. The summed E-state index contributed by atoms with van der Waals surface area (Å²) in [6.45, 7) is 0. The second-order valence-electron chi connectivity index (χ2n) is 12.1. The first-order valence-electron chi connectivity index (χ1n) is 15.6. The Bertz CT molecular complexity index is 2930. The number of benzene rings is 7. The minimum Gasteiger partial charge on any atom is -0.277 e. The van der Waals surface area contributed by atoms with Gasteiger partial charge in [-0.25, -0.2) is 9.97 Å². The van der Waals surface area contributed by atoms with E-state index in [1.807, 2.05) is 11.3 Å². The maximum absolute atomic E-state index is 5.50. The smallest absolute Gasteiger partial charge is 0.235 e. The number of rotatable bonds is 2. The zero-order chi connectivity index (χ0) is 29.9. The van der Waals surface area contributed by atoms with Crippen molar-refractivity contribution >= 4 is 75.0 Å². The lowest BCUT2D eigenvalue weighted by molar-refractivity contribution is 1.02. The molecule has 3 aromatic heterocycles. The van der Waals surface area contributed by atoms with Gasteiger partial charge in [0.2, 0.25) is 5.95 Å². The van der Waals surface area contributed by atoms with E-state index < -0.39 is 0 Å². The van der Waals surface area contributed by atoms with E-state index in [1.54, 1.807) is 0 Å². The Morgan fingerprint density at radius 3 is 2.00 bits per heavy atom. The third-order valence-corrected chi connectivity index (χ3v) is 11.0. The van der Waals surface area contributed by atoms with Crippen molar-refractivity contribution in [3.05, 3.63) is 140 Å². The van der Waals surface area contributed by atoms with Gasteiger partial charge in [0, 0.05) is 47.3 Å². The summed E-state index contributed by atoms with van der Waals surface area (Å²) in [5, 5.41) is 8.56. The summed E-state index contributed by atoms with van der Waals surface area (Å²) in [6.07, 6.45) is 0. The number of thiophene rings is 1. The zero-order valence-corrected chi connectivity index (χ0v) is 25.3. The largest absolute Gasteiger partial charge is 0.277 e. The number of aromatic nitrogens is 3. The van der Waals surface area contributed by atoms with E-state index in [1.165, 1.54) is 64.0 Å².